The van der Waals surface area contributed by atoms with Crippen LogP contribution in [0.5, 0.6) is 0 Å². The van der Waals surface area contributed by atoms with Gasteiger partial charge in [-0.3, -0.25) is 4.79 Å². The third-order valence-corrected chi connectivity index (χ3v) is 4.01. The highest BCUT2D eigenvalue weighted by Crippen LogP contribution is 2.28. The van der Waals surface area contributed by atoms with Crippen LogP contribution in [0.4, 0.5) is 0 Å². The Kier molecular flexibility index (Phi) is 3.26. The van der Waals surface area contributed by atoms with Crippen molar-refractivity contribution in [3.63, 3.8) is 0 Å². The Hall–Kier alpha value is -1.81. The molecule has 4 nitrogen and oxygen atoms in total. The first-order chi connectivity index (χ1) is 9.56. The lowest BCUT2D eigenvalue weighted by atomic mass is 10.0. The molecule has 0 unspecified atom stereocenters. The molecule has 2 aromatic rings. The molecule has 2 N–H and O–H groups in total. The minimum absolute atomic E-state index is 0.265. The van der Waals surface area contributed by atoms with E-state index in [1.165, 1.54) is 0 Å². The SMILES string of the molecule is Cc1ccc2oc(C(=O)NCC3(O)CCCC3)cc2c1. The van der Waals surface area contributed by atoms with Crippen LogP contribution in [0, 0.1) is 6.92 Å². The number of amides is 1. The number of aryl methyl sites for hydroxylation is 1. The lowest BCUT2D eigenvalue weighted by molar-refractivity contribution is 0.0444. The molecule has 1 aromatic heterocycles. The Morgan fingerprint density at radius 2 is 2.10 bits per heavy atom. The summed E-state index contributed by atoms with van der Waals surface area (Å²) < 4.78 is 5.54. The molecule has 1 aliphatic rings. The van der Waals surface area contributed by atoms with Crippen LogP contribution in [-0.4, -0.2) is 23.2 Å². The van der Waals surface area contributed by atoms with E-state index in [4.69, 9.17) is 4.42 Å². The van der Waals surface area contributed by atoms with Gasteiger partial charge in [0.1, 0.15) is 5.58 Å². The monoisotopic (exact) mass is 273 g/mol. The first kappa shape index (κ1) is 13.2. The van der Waals surface area contributed by atoms with Crippen molar-refractivity contribution in [3.8, 4) is 0 Å². The lowest BCUT2D eigenvalue weighted by Crippen LogP contribution is -2.40. The largest absolute Gasteiger partial charge is 0.451 e. The van der Waals surface area contributed by atoms with Gasteiger partial charge in [-0.25, -0.2) is 0 Å². The molecule has 0 saturated heterocycles. The van der Waals surface area contributed by atoms with E-state index in [1.807, 2.05) is 25.1 Å². The predicted molar refractivity (Wildman–Crippen MR) is 76.7 cm³/mol. The average Bonchev–Trinajstić information content (AvgIpc) is 3.02. The summed E-state index contributed by atoms with van der Waals surface area (Å²) in [7, 11) is 0. The van der Waals surface area contributed by atoms with Crippen LogP contribution in [0.1, 0.15) is 41.8 Å². The zero-order valence-electron chi connectivity index (χ0n) is 11.6. The molecule has 1 fully saturated rings. The van der Waals surface area contributed by atoms with Gasteiger partial charge in [0.15, 0.2) is 5.76 Å². The third-order valence-electron chi connectivity index (χ3n) is 4.01. The van der Waals surface area contributed by atoms with E-state index in [1.54, 1.807) is 6.07 Å². The molecule has 1 aliphatic carbocycles. The normalized spacial score (nSPS) is 17.5. The van der Waals surface area contributed by atoms with Crippen LogP contribution in [-0.2, 0) is 0 Å². The lowest BCUT2D eigenvalue weighted by Gasteiger charge is -2.21. The second kappa shape index (κ2) is 4.94. The Morgan fingerprint density at radius 3 is 2.85 bits per heavy atom. The molecule has 1 aromatic carbocycles. The number of furan rings is 1. The second-order valence-electron chi connectivity index (χ2n) is 5.77. The smallest absolute Gasteiger partial charge is 0.287 e. The molecule has 1 heterocycles. The number of aliphatic hydroxyl groups is 1. The van der Waals surface area contributed by atoms with Crippen molar-refractivity contribution in [2.75, 3.05) is 6.54 Å². The summed E-state index contributed by atoms with van der Waals surface area (Å²) in [6.45, 7) is 2.30. The highest BCUT2D eigenvalue weighted by atomic mass is 16.3. The highest BCUT2D eigenvalue weighted by molar-refractivity contribution is 5.96. The number of rotatable bonds is 3. The first-order valence-electron chi connectivity index (χ1n) is 7.07. The molecule has 3 rings (SSSR count). The van der Waals surface area contributed by atoms with Crippen molar-refractivity contribution in [2.24, 2.45) is 0 Å². The van der Waals surface area contributed by atoms with Gasteiger partial charge in [-0.1, -0.05) is 24.5 Å². The van der Waals surface area contributed by atoms with Gasteiger partial charge < -0.3 is 14.8 Å². The number of carbonyl (C=O) groups excluding carboxylic acids is 1. The molecule has 0 spiro atoms. The molecule has 0 radical (unpaired) electrons. The van der Waals surface area contributed by atoms with E-state index in [9.17, 15) is 9.90 Å². The van der Waals surface area contributed by atoms with E-state index in [-0.39, 0.29) is 5.91 Å². The van der Waals surface area contributed by atoms with Gasteiger partial charge in [0.2, 0.25) is 0 Å². The zero-order valence-corrected chi connectivity index (χ0v) is 11.6. The van der Waals surface area contributed by atoms with Gasteiger partial charge in [-0.2, -0.15) is 0 Å². The number of carbonyl (C=O) groups is 1. The summed E-state index contributed by atoms with van der Waals surface area (Å²) in [5, 5.41) is 13.9. The summed E-state index contributed by atoms with van der Waals surface area (Å²) in [4.78, 5) is 12.1. The molecular weight excluding hydrogens is 254 g/mol. The quantitative estimate of drug-likeness (QED) is 0.904. The molecule has 0 bridgehead atoms. The fourth-order valence-electron chi connectivity index (χ4n) is 2.82. The Labute approximate surface area is 117 Å². The highest BCUT2D eigenvalue weighted by Gasteiger charge is 2.31. The summed E-state index contributed by atoms with van der Waals surface area (Å²) in [5.74, 6) is 0.0337. The van der Waals surface area contributed by atoms with Crippen LogP contribution in [0.2, 0.25) is 0 Å². The standard InChI is InChI=1S/C16H19NO3/c1-11-4-5-13-12(8-11)9-14(20-13)15(18)17-10-16(19)6-2-3-7-16/h4-5,8-9,19H,2-3,6-7,10H2,1H3,(H,17,18). The van der Waals surface area contributed by atoms with E-state index in [2.05, 4.69) is 5.32 Å². The van der Waals surface area contributed by atoms with Crippen molar-refractivity contribution >= 4 is 16.9 Å². The topological polar surface area (TPSA) is 62.5 Å². The molecule has 4 heteroatoms. The minimum Gasteiger partial charge on any atom is -0.451 e. The Morgan fingerprint density at radius 1 is 1.35 bits per heavy atom. The maximum absolute atomic E-state index is 12.1. The second-order valence-corrected chi connectivity index (χ2v) is 5.77. The van der Waals surface area contributed by atoms with E-state index in [0.717, 1.165) is 36.6 Å². The zero-order chi connectivity index (χ0) is 14.2. The number of hydrogen-bond acceptors (Lipinski definition) is 3. The number of nitrogens with one attached hydrogen (secondary N) is 1. The maximum atomic E-state index is 12.1. The number of hydrogen-bond donors (Lipinski definition) is 2. The van der Waals surface area contributed by atoms with Crippen molar-refractivity contribution in [2.45, 2.75) is 38.2 Å². The third kappa shape index (κ3) is 2.56. The van der Waals surface area contributed by atoms with Crippen LogP contribution in [0.3, 0.4) is 0 Å². The van der Waals surface area contributed by atoms with E-state index in [0.29, 0.717) is 17.9 Å². The van der Waals surface area contributed by atoms with Crippen LogP contribution < -0.4 is 5.32 Å². The fraction of sp³-hybridized carbons (Fsp3) is 0.438. The van der Waals surface area contributed by atoms with Gasteiger partial charge in [-0.05, 0) is 38.0 Å². The summed E-state index contributed by atoms with van der Waals surface area (Å²) in [6.07, 6.45) is 3.56. The average molecular weight is 273 g/mol. The Bertz CT molecular complexity index is 638. The van der Waals surface area contributed by atoms with Crippen molar-refractivity contribution in [3.05, 3.63) is 35.6 Å². The van der Waals surface area contributed by atoms with Gasteiger partial charge in [0.25, 0.3) is 5.91 Å². The number of fused-ring (bicyclic) bond motifs is 1. The molecule has 106 valence electrons. The molecule has 0 aliphatic heterocycles. The van der Waals surface area contributed by atoms with E-state index >= 15 is 0 Å². The predicted octanol–water partition coefficient (Wildman–Crippen LogP) is 2.78. The van der Waals surface area contributed by atoms with Gasteiger partial charge in [-0.15, -0.1) is 0 Å². The maximum Gasteiger partial charge on any atom is 0.287 e. The van der Waals surface area contributed by atoms with E-state index < -0.39 is 5.60 Å². The molecule has 20 heavy (non-hydrogen) atoms. The first-order valence-corrected chi connectivity index (χ1v) is 7.07. The van der Waals surface area contributed by atoms with Gasteiger partial charge in [0.05, 0.1) is 5.60 Å². The van der Waals surface area contributed by atoms with Crippen LogP contribution in [0.25, 0.3) is 11.0 Å². The van der Waals surface area contributed by atoms with Crippen molar-refractivity contribution in [1.82, 2.24) is 5.32 Å². The summed E-state index contributed by atoms with van der Waals surface area (Å²) in [5.41, 5.74) is 1.10. The van der Waals surface area contributed by atoms with Gasteiger partial charge in [0, 0.05) is 11.9 Å². The number of benzene rings is 1. The summed E-state index contributed by atoms with van der Waals surface area (Å²) in [6, 6.07) is 7.55. The summed E-state index contributed by atoms with van der Waals surface area (Å²) >= 11 is 0. The Balaban J connectivity index is 1.72. The molecular formula is C16H19NO3. The van der Waals surface area contributed by atoms with Gasteiger partial charge >= 0.3 is 0 Å². The van der Waals surface area contributed by atoms with Crippen molar-refractivity contribution < 1.29 is 14.3 Å². The molecule has 1 saturated carbocycles. The van der Waals surface area contributed by atoms with Crippen LogP contribution in [0.15, 0.2) is 28.7 Å². The molecule has 0 atom stereocenters. The fourth-order valence-corrected chi connectivity index (χ4v) is 2.82. The van der Waals surface area contributed by atoms with Crippen molar-refractivity contribution in [1.29, 1.82) is 0 Å². The minimum atomic E-state index is -0.738. The molecule has 1 amide bonds. The van der Waals surface area contributed by atoms with Crippen LogP contribution >= 0.6 is 0 Å².